The summed E-state index contributed by atoms with van der Waals surface area (Å²) >= 11 is 0. The van der Waals surface area contributed by atoms with Gasteiger partial charge in [0, 0.05) is 44.4 Å². The predicted octanol–water partition coefficient (Wildman–Crippen LogP) is 1.67. The lowest BCUT2D eigenvalue weighted by molar-refractivity contribution is -0.117. The van der Waals surface area contributed by atoms with Gasteiger partial charge in [0.2, 0.25) is 6.41 Å². The number of primary amides is 1. The van der Waals surface area contributed by atoms with E-state index in [0.717, 1.165) is 5.56 Å². The molecule has 1 aromatic carbocycles. The maximum absolute atomic E-state index is 12.1. The number of pyridine rings is 1. The molecule has 10 nitrogen and oxygen atoms in total. The van der Waals surface area contributed by atoms with Crippen LogP contribution in [0.15, 0.2) is 61.4 Å². The number of hydrogen-bond acceptors (Lipinski definition) is 6. The van der Waals surface area contributed by atoms with Crippen LogP contribution in [0.1, 0.15) is 22.5 Å². The number of aromatic nitrogens is 5. The van der Waals surface area contributed by atoms with Crippen LogP contribution in [-0.4, -0.2) is 66.1 Å². The zero-order valence-corrected chi connectivity index (χ0v) is 19.9. The molecule has 1 atom stereocenters. The van der Waals surface area contributed by atoms with E-state index in [1.54, 1.807) is 59.0 Å². The van der Waals surface area contributed by atoms with Crippen molar-refractivity contribution in [2.24, 2.45) is 12.8 Å². The fourth-order valence-corrected chi connectivity index (χ4v) is 3.58. The summed E-state index contributed by atoms with van der Waals surface area (Å²) < 4.78 is 3.22. The second-order valence-electron chi connectivity index (χ2n) is 8.36. The molecule has 36 heavy (non-hydrogen) atoms. The van der Waals surface area contributed by atoms with E-state index in [0.29, 0.717) is 40.9 Å². The molecule has 0 bridgehead atoms. The monoisotopic (exact) mass is 483 g/mol. The fourth-order valence-electron chi connectivity index (χ4n) is 3.58. The van der Waals surface area contributed by atoms with Gasteiger partial charge in [-0.15, -0.1) is 0 Å². The van der Waals surface area contributed by atoms with Gasteiger partial charge in [-0.1, -0.05) is 24.5 Å². The van der Waals surface area contributed by atoms with E-state index in [9.17, 15) is 14.7 Å². The first kappa shape index (κ1) is 24.4. The Labute approximate surface area is 207 Å². The third-order valence-electron chi connectivity index (χ3n) is 5.64. The summed E-state index contributed by atoms with van der Waals surface area (Å²) in [6.45, 7) is 3.99. The lowest BCUT2D eigenvalue weighted by Gasteiger charge is -2.20. The third-order valence-corrected chi connectivity index (χ3v) is 5.64. The maximum atomic E-state index is 12.1. The molecule has 10 heteroatoms. The van der Waals surface area contributed by atoms with E-state index in [4.69, 9.17) is 10.7 Å². The Morgan fingerprint density at radius 2 is 2.14 bits per heavy atom. The van der Waals surface area contributed by atoms with Crippen molar-refractivity contribution in [2.45, 2.75) is 12.0 Å². The molecule has 0 aliphatic carbocycles. The van der Waals surface area contributed by atoms with Crippen LogP contribution in [0.25, 0.3) is 28.0 Å². The number of nitrogens with zero attached hydrogens (tertiary/aromatic N) is 6. The minimum Gasteiger partial charge on any atom is -0.374 e. The normalized spacial score (nSPS) is 12.4. The highest BCUT2D eigenvalue weighted by atomic mass is 16.3. The summed E-state index contributed by atoms with van der Waals surface area (Å²) in [7, 11) is 3.44. The quantitative estimate of drug-likeness (QED) is 0.223. The Morgan fingerprint density at radius 3 is 2.81 bits per heavy atom. The van der Waals surface area contributed by atoms with E-state index in [1.165, 1.54) is 11.0 Å². The Hall–Kier alpha value is -4.75. The molecular weight excluding hydrogens is 458 g/mol. The van der Waals surface area contributed by atoms with Crippen molar-refractivity contribution >= 4 is 23.4 Å². The van der Waals surface area contributed by atoms with Crippen molar-refractivity contribution in [3.63, 3.8) is 0 Å². The number of benzene rings is 1. The van der Waals surface area contributed by atoms with Crippen molar-refractivity contribution in [1.29, 1.82) is 0 Å². The first-order valence-corrected chi connectivity index (χ1v) is 11.1. The zero-order chi connectivity index (χ0) is 25.9. The van der Waals surface area contributed by atoms with E-state index in [2.05, 4.69) is 28.6 Å². The molecule has 182 valence electrons. The Bertz CT molecular complexity index is 1530. The molecule has 0 saturated heterocycles. The average Bonchev–Trinajstić information content (AvgIpc) is 3.49. The summed E-state index contributed by atoms with van der Waals surface area (Å²) in [5.41, 5.74) is 7.37. The predicted molar refractivity (Wildman–Crippen MR) is 135 cm³/mol. The van der Waals surface area contributed by atoms with Crippen molar-refractivity contribution in [2.75, 3.05) is 13.6 Å². The first-order valence-electron chi connectivity index (χ1n) is 11.1. The number of carbonyl (C=O) groups is 2. The van der Waals surface area contributed by atoms with E-state index in [-0.39, 0.29) is 12.1 Å². The van der Waals surface area contributed by atoms with Gasteiger partial charge in [-0.2, -0.15) is 10.2 Å². The van der Waals surface area contributed by atoms with Crippen molar-refractivity contribution in [3.05, 3.63) is 72.7 Å². The number of nitrogens with two attached hydrogens (primary N) is 1. The van der Waals surface area contributed by atoms with Crippen molar-refractivity contribution < 1.29 is 14.7 Å². The maximum Gasteiger partial charge on any atom is 0.269 e. The number of amides is 2. The lowest BCUT2D eigenvalue weighted by atomic mass is 10.00. The van der Waals surface area contributed by atoms with E-state index >= 15 is 0 Å². The summed E-state index contributed by atoms with van der Waals surface area (Å²) in [6.07, 6.45) is 5.79. The number of carbonyl (C=O) groups excluding carboxylic acids is 2. The Balaban J connectivity index is 1.75. The van der Waals surface area contributed by atoms with Crippen LogP contribution in [0.3, 0.4) is 0 Å². The second kappa shape index (κ2) is 9.85. The van der Waals surface area contributed by atoms with E-state index < -0.39 is 11.5 Å². The molecule has 0 fully saturated rings. The van der Waals surface area contributed by atoms with Gasteiger partial charge in [-0.05, 0) is 36.4 Å². The minimum absolute atomic E-state index is 0.104. The molecule has 4 rings (SSSR count). The number of aliphatic hydroxyl groups is 1. The molecule has 1 unspecified atom stereocenters. The van der Waals surface area contributed by atoms with E-state index in [1.807, 2.05) is 13.2 Å². The molecular formula is C26H25N7O3. The Kier molecular flexibility index (Phi) is 6.67. The molecule has 3 heterocycles. The highest BCUT2D eigenvalue weighted by Crippen LogP contribution is 2.25. The molecule has 0 aliphatic heterocycles. The lowest BCUT2D eigenvalue weighted by Crippen LogP contribution is -2.30. The molecule has 3 aromatic heterocycles. The smallest absolute Gasteiger partial charge is 0.269 e. The van der Waals surface area contributed by atoms with Crippen molar-refractivity contribution in [3.8, 4) is 28.8 Å². The summed E-state index contributed by atoms with van der Waals surface area (Å²) in [5, 5.41) is 19.9. The van der Waals surface area contributed by atoms with Crippen LogP contribution in [0.5, 0.6) is 0 Å². The third kappa shape index (κ3) is 5.01. The number of hydrogen-bond donors (Lipinski definition) is 2. The zero-order valence-electron chi connectivity index (χ0n) is 19.9. The minimum atomic E-state index is -1.47. The van der Waals surface area contributed by atoms with Gasteiger partial charge >= 0.3 is 0 Å². The highest BCUT2D eigenvalue weighted by molar-refractivity contribution is 6.03. The molecule has 0 radical (unpaired) electrons. The van der Waals surface area contributed by atoms with Crippen LogP contribution in [0.2, 0.25) is 0 Å². The van der Waals surface area contributed by atoms with Gasteiger partial charge in [0.05, 0.1) is 23.0 Å². The largest absolute Gasteiger partial charge is 0.374 e. The van der Waals surface area contributed by atoms with Gasteiger partial charge in [-0.3, -0.25) is 14.3 Å². The van der Waals surface area contributed by atoms with Crippen molar-refractivity contribution in [1.82, 2.24) is 29.4 Å². The van der Waals surface area contributed by atoms with Gasteiger partial charge in [0.15, 0.2) is 11.3 Å². The molecule has 4 aromatic rings. The van der Waals surface area contributed by atoms with Gasteiger partial charge in [0.1, 0.15) is 5.60 Å². The summed E-state index contributed by atoms with van der Waals surface area (Å²) in [6, 6.07) is 10.7. The van der Waals surface area contributed by atoms with Gasteiger partial charge < -0.3 is 15.7 Å². The first-order chi connectivity index (χ1) is 17.2. The average molecular weight is 484 g/mol. The Morgan fingerprint density at radius 1 is 1.33 bits per heavy atom. The van der Waals surface area contributed by atoms with Crippen LogP contribution >= 0.6 is 0 Å². The van der Waals surface area contributed by atoms with Crippen LogP contribution in [0.4, 0.5) is 0 Å². The molecule has 3 N–H and O–H groups in total. The van der Waals surface area contributed by atoms with Crippen LogP contribution < -0.4 is 5.73 Å². The highest BCUT2D eigenvalue weighted by Gasteiger charge is 2.21. The second-order valence-corrected chi connectivity index (χ2v) is 8.36. The number of fused-ring (bicyclic) bond motifs is 1. The number of rotatable bonds is 8. The molecule has 0 spiro atoms. The summed E-state index contributed by atoms with van der Waals surface area (Å²) in [5.74, 6) is 5.13. The SMILES string of the molecule is C=CC(O)(C#Cc1cccc(-n2nc(C(N)=O)c3ccc(-c4cnn(C)c4)nc32)c1)CCN(C)C=O. The summed E-state index contributed by atoms with van der Waals surface area (Å²) in [4.78, 5) is 29.1. The van der Waals surface area contributed by atoms with Gasteiger partial charge in [-0.25, -0.2) is 9.67 Å². The van der Waals surface area contributed by atoms with Crippen LogP contribution in [-0.2, 0) is 11.8 Å². The topological polar surface area (TPSA) is 132 Å². The fraction of sp³-hybridized carbons (Fsp3) is 0.192. The molecule has 0 aliphatic rings. The standard InChI is InChI=1S/C26H25N7O3/c1-4-26(36,12-13-31(2)17-34)11-10-18-6-5-7-20(14-18)33-25-21(23(30-33)24(27)35)8-9-22(29-25)19-15-28-32(3)16-19/h4-9,14-17,36H,1,12-13H2,2-3H3,(H2,27,35). The van der Waals surface area contributed by atoms with Gasteiger partial charge in [0.25, 0.3) is 5.91 Å². The molecule has 0 saturated carbocycles. The number of aryl methyl sites for hydroxylation is 1. The van der Waals surface area contributed by atoms with Crippen LogP contribution in [0, 0.1) is 11.8 Å². The molecule has 2 amide bonds.